The second-order valence-corrected chi connectivity index (χ2v) is 7.79. The molecule has 140 valence electrons. The Morgan fingerprint density at radius 3 is 2.58 bits per heavy atom. The van der Waals surface area contributed by atoms with E-state index in [4.69, 9.17) is 5.73 Å². The maximum Gasteiger partial charge on any atom is 0.241 e. The van der Waals surface area contributed by atoms with Gasteiger partial charge in [0.05, 0.1) is 6.54 Å². The highest BCUT2D eigenvalue weighted by atomic mass is 35.5. The lowest BCUT2D eigenvalue weighted by Gasteiger charge is -2.34. The van der Waals surface area contributed by atoms with Crippen LogP contribution < -0.4 is 10.6 Å². The minimum absolute atomic E-state index is 0. The number of rotatable bonds is 4. The number of benzene rings is 1. The first-order valence-corrected chi connectivity index (χ1v) is 9.54. The van der Waals surface area contributed by atoms with Crippen molar-refractivity contribution in [2.24, 2.45) is 0 Å². The quantitative estimate of drug-likeness (QED) is 0.858. The standard InChI is InChI=1S/C18H23N5OS.ClH/c19-18-20-11-15(25-18)12-21-7-9-22(10-8-21)13-17(24)23-6-5-14-3-1-2-4-16(14)23;/h1-4,11H,5-10,12-13H2,(H2,19,20);1H. The summed E-state index contributed by atoms with van der Waals surface area (Å²) in [4.78, 5) is 24.6. The first kappa shape index (κ1) is 19.1. The van der Waals surface area contributed by atoms with Gasteiger partial charge in [0.1, 0.15) is 0 Å². The van der Waals surface area contributed by atoms with Crippen molar-refractivity contribution in [3.63, 3.8) is 0 Å². The zero-order valence-corrected chi connectivity index (χ0v) is 16.3. The van der Waals surface area contributed by atoms with Crippen LogP contribution in [0.5, 0.6) is 0 Å². The van der Waals surface area contributed by atoms with Crippen LogP contribution in [-0.2, 0) is 17.8 Å². The third kappa shape index (κ3) is 4.17. The van der Waals surface area contributed by atoms with Crippen LogP contribution >= 0.6 is 23.7 Å². The van der Waals surface area contributed by atoms with Gasteiger partial charge in [0.15, 0.2) is 5.13 Å². The molecule has 0 atom stereocenters. The second kappa shape index (κ2) is 8.35. The van der Waals surface area contributed by atoms with E-state index in [0.29, 0.717) is 11.7 Å². The minimum Gasteiger partial charge on any atom is -0.375 e. The molecule has 0 aliphatic carbocycles. The number of halogens is 1. The molecule has 0 bridgehead atoms. The predicted molar refractivity (Wildman–Crippen MR) is 108 cm³/mol. The summed E-state index contributed by atoms with van der Waals surface area (Å²) >= 11 is 1.55. The Morgan fingerprint density at radius 1 is 1.12 bits per heavy atom. The number of amides is 1. The fourth-order valence-electron chi connectivity index (χ4n) is 3.60. The Balaban J connectivity index is 0.00000196. The summed E-state index contributed by atoms with van der Waals surface area (Å²) in [5.74, 6) is 0.216. The number of fused-ring (bicyclic) bond motifs is 1. The van der Waals surface area contributed by atoms with Crippen LogP contribution in [0, 0.1) is 0 Å². The average Bonchev–Trinajstić information content (AvgIpc) is 3.23. The smallest absolute Gasteiger partial charge is 0.241 e. The largest absolute Gasteiger partial charge is 0.375 e. The molecule has 26 heavy (non-hydrogen) atoms. The Hall–Kier alpha value is -1.67. The molecule has 0 radical (unpaired) electrons. The van der Waals surface area contributed by atoms with Crippen molar-refractivity contribution in [2.45, 2.75) is 13.0 Å². The predicted octanol–water partition coefficient (Wildman–Crippen LogP) is 1.85. The SMILES string of the molecule is Cl.Nc1ncc(CN2CCN(CC(=O)N3CCc4ccccc43)CC2)s1. The molecule has 8 heteroatoms. The van der Waals surface area contributed by atoms with Crippen LogP contribution in [0.3, 0.4) is 0 Å². The number of piperazine rings is 1. The van der Waals surface area contributed by atoms with Crippen molar-refractivity contribution < 1.29 is 4.79 Å². The number of hydrogen-bond donors (Lipinski definition) is 1. The van der Waals surface area contributed by atoms with Gasteiger partial charge in [-0.15, -0.1) is 23.7 Å². The van der Waals surface area contributed by atoms with E-state index in [0.717, 1.165) is 51.4 Å². The molecule has 1 amide bonds. The lowest BCUT2D eigenvalue weighted by molar-refractivity contribution is -0.120. The minimum atomic E-state index is 0. The number of thiazole rings is 1. The molecule has 0 spiro atoms. The van der Waals surface area contributed by atoms with Gasteiger partial charge in [0.25, 0.3) is 0 Å². The highest BCUT2D eigenvalue weighted by Crippen LogP contribution is 2.27. The number of nitrogen functional groups attached to an aromatic ring is 1. The van der Waals surface area contributed by atoms with Crippen LogP contribution in [0.1, 0.15) is 10.4 Å². The van der Waals surface area contributed by atoms with E-state index in [2.05, 4.69) is 26.9 Å². The summed E-state index contributed by atoms with van der Waals surface area (Å²) in [5.41, 5.74) is 8.07. The molecule has 2 N–H and O–H groups in total. The lowest BCUT2D eigenvalue weighted by atomic mass is 10.2. The van der Waals surface area contributed by atoms with Gasteiger partial charge in [0, 0.05) is 56.0 Å². The van der Waals surface area contributed by atoms with Gasteiger partial charge < -0.3 is 10.6 Å². The molecule has 0 saturated carbocycles. The summed E-state index contributed by atoms with van der Waals surface area (Å²) in [6, 6.07) is 8.23. The highest BCUT2D eigenvalue weighted by molar-refractivity contribution is 7.15. The van der Waals surface area contributed by atoms with Crippen molar-refractivity contribution in [2.75, 3.05) is 49.9 Å². The van der Waals surface area contributed by atoms with Crippen molar-refractivity contribution in [3.05, 3.63) is 40.9 Å². The Morgan fingerprint density at radius 2 is 1.85 bits per heavy atom. The molecule has 1 aromatic heterocycles. The lowest BCUT2D eigenvalue weighted by Crippen LogP contribution is -2.49. The summed E-state index contributed by atoms with van der Waals surface area (Å²) in [7, 11) is 0. The molecule has 2 aliphatic heterocycles. The monoisotopic (exact) mass is 393 g/mol. The van der Waals surface area contributed by atoms with E-state index >= 15 is 0 Å². The van der Waals surface area contributed by atoms with E-state index in [1.165, 1.54) is 10.4 Å². The molecule has 3 heterocycles. The fourth-order valence-corrected chi connectivity index (χ4v) is 4.32. The van der Waals surface area contributed by atoms with Gasteiger partial charge in [0.2, 0.25) is 5.91 Å². The van der Waals surface area contributed by atoms with Gasteiger partial charge in [-0.1, -0.05) is 18.2 Å². The number of anilines is 2. The van der Waals surface area contributed by atoms with Crippen LogP contribution in [0.25, 0.3) is 0 Å². The molecule has 1 fully saturated rings. The number of hydrogen-bond acceptors (Lipinski definition) is 6. The van der Waals surface area contributed by atoms with Crippen LogP contribution in [0.15, 0.2) is 30.5 Å². The molecular weight excluding hydrogens is 370 g/mol. The van der Waals surface area contributed by atoms with Crippen LogP contribution in [0.2, 0.25) is 0 Å². The summed E-state index contributed by atoms with van der Waals surface area (Å²) < 4.78 is 0. The van der Waals surface area contributed by atoms with Gasteiger partial charge in [-0.05, 0) is 18.1 Å². The number of carbonyl (C=O) groups is 1. The zero-order valence-electron chi connectivity index (χ0n) is 14.6. The summed E-state index contributed by atoms with van der Waals surface area (Å²) in [6.07, 6.45) is 2.83. The number of carbonyl (C=O) groups excluding carboxylic acids is 1. The molecule has 2 aliphatic rings. The maximum absolute atomic E-state index is 12.7. The van der Waals surface area contributed by atoms with Crippen molar-refractivity contribution in [1.82, 2.24) is 14.8 Å². The zero-order chi connectivity index (χ0) is 17.2. The third-order valence-corrected chi connectivity index (χ3v) is 5.77. The van der Waals surface area contributed by atoms with E-state index in [9.17, 15) is 4.79 Å². The van der Waals surface area contributed by atoms with Crippen molar-refractivity contribution in [1.29, 1.82) is 0 Å². The number of aromatic nitrogens is 1. The maximum atomic E-state index is 12.7. The van der Waals surface area contributed by atoms with E-state index in [1.54, 1.807) is 11.3 Å². The average molecular weight is 394 g/mol. The number of para-hydroxylation sites is 1. The van der Waals surface area contributed by atoms with Crippen LogP contribution in [0.4, 0.5) is 10.8 Å². The Bertz CT molecular complexity index is 760. The fraction of sp³-hybridized carbons (Fsp3) is 0.444. The Kier molecular flexibility index (Phi) is 6.13. The molecule has 4 rings (SSSR count). The van der Waals surface area contributed by atoms with E-state index < -0.39 is 0 Å². The number of nitrogens with two attached hydrogens (primary N) is 1. The molecule has 1 aromatic carbocycles. The van der Waals surface area contributed by atoms with Crippen molar-refractivity contribution in [3.8, 4) is 0 Å². The summed E-state index contributed by atoms with van der Waals surface area (Å²) in [5, 5.41) is 0.630. The molecule has 2 aromatic rings. The Labute approximate surface area is 164 Å². The molecular formula is C18H24ClN5OS. The topological polar surface area (TPSA) is 65.7 Å². The van der Waals surface area contributed by atoms with Gasteiger partial charge >= 0.3 is 0 Å². The first-order valence-electron chi connectivity index (χ1n) is 8.72. The molecule has 1 saturated heterocycles. The summed E-state index contributed by atoms with van der Waals surface area (Å²) in [6.45, 7) is 6.02. The second-order valence-electron chi connectivity index (χ2n) is 6.64. The van der Waals surface area contributed by atoms with Gasteiger partial charge in [-0.2, -0.15) is 0 Å². The van der Waals surface area contributed by atoms with Crippen molar-refractivity contribution >= 4 is 40.5 Å². The molecule has 0 unspecified atom stereocenters. The van der Waals surface area contributed by atoms with E-state index in [-0.39, 0.29) is 18.3 Å². The normalized spacial score (nSPS) is 17.8. The number of nitrogens with zero attached hydrogens (tertiary/aromatic N) is 4. The first-order chi connectivity index (χ1) is 12.2. The van der Waals surface area contributed by atoms with Gasteiger partial charge in [-0.3, -0.25) is 14.6 Å². The van der Waals surface area contributed by atoms with Crippen LogP contribution in [-0.4, -0.2) is 60.0 Å². The third-order valence-electron chi connectivity index (χ3n) is 4.96. The molecule has 6 nitrogen and oxygen atoms in total. The van der Waals surface area contributed by atoms with E-state index in [1.807, 2.05) is 23.2 Å². The highest BCUT2D eigenvalue weighted by Gasteiger charge is 2.26. The van der Waals surface area contributed by atoms with Gasteiger partial charge in [-0.25, -0.2) is 4.98 Å².